The van der Waals surface area contributed by atoms with Crippen LogP contribution in [0.5, 0.6) is 0 Å². The quantitative estimate of drug-likeness (QED) is 0.579. The lowest BCUT2D eigenvalue weighted by molar-refractivity contribution is 0.591. The van der Waals surface area contributed by atoms with Crippen molar-refractivity contribution in [2.75, 3.05) is 0 Å². The van der Waals surface area contributed by atoms with Crippen LogP contribution in [0.15, 0.2) is 22.6 Å². The van der Waals surface area contributed by atoms with Gasteiger partial charge >= 0.3 is 0 Å². The second-order valence-corrected chi connectivity index (χ2v) is 2.30. The molecule has 2 rings (SSSR count). The number of hydrogen-bond acceptors (Lipinski definition) is 2. The minimum atomic E-state index is 0.575. The van der Waals surface area contributed by atoms with Gasteiger partial charge in [0.2, 0.25) is 0 Å². The number of para-hydroxylation sites is 1. The number of rotatable bonds is 0. The molecular weight excluding hydrogens is 150 g/mol. The molecule has 0 atom stereocenters. The predicted molar refractivity (Wildman–Crippen MR) is 37.9 cm³/mol. The summed E-state index contributed by atoms with van der Waals surface area (Å²) >= 11 is 5.74. The highest BCUT2D eigenvalue weighted by Gasteiger charge is 2.00. The second-order valence-electron chi connectivity index (χ2n) is 1.89. The molecule has 1 aromatic heterocycles. The van der Waals surface area contributed by atoms with E-state index in [0.29, 0.717) is 10.6 Å². The average molecular weight is 153 g/mol. The summed E-state index contributed by atoms with van der Waals surface area (Å²) in [6.07, 6.45) is 2.37. The summed E-state index contributed by atoms with van der Waals surface area (Å²) in [6.45, 7) is 0. The molecule has 0 fully saturated rings. The van der Waals surface area contributed by atoms with Crippen LogP contribution in [0.3, 0.4) is 0 Å². The molecule has 2 nitrogen and oxygen atoms in total. The second kappa shape index (κ2) is 1.99. The maximum absolute atomic E-state index is 5.74. The van der Waals surface area contributed by atoms with E-state index in [1.165, 1.54) is 0 Å². The molecule has 0 aliphatic heterocycles. The van der Waals surface area contributed by atoms with Gasteiger partial charge in [-0.25, -0.2) is 4.98 Å². The molecule has 0 amide bonds. The van der Waals surface area contributed by atoms with Crippen molar-refractivity contribution in [3.8, 4) is 0 Å². The predicted octanol–water partition coefficient (Wildman–Crippen LogP) is 2.28. The largest absolute Gasteiger partial charge is 0.431 e. The van der Waals surface area contributed by atoms with Crippen LogP contribution in [0.25, 0.3) is 11.1 Å². The van der Waals surface area contributed by atoms with Crippen molar-refractivity contribution in [1.29, 1.82) is 0 Å². The van der Waals surface area contributed by atoms with Crippen LogP contribution in [0.2, 0.25) is 5.02 Å². The molecule has 3 heteroatoms. The Hall–Kier alpha value is -1.02. The van der Waals surface area contributed by atoms with E-state index in [1.54, 1.807) is 6.07 Å². The maximum Gasteiger partial charge on any atom is 0.284 e. The Morgan fingerprint density at radius 2 is 2.40 bits per heavy atom. The third-order valence-corrected chi connectivity index (χ3v) is 1.56. The molecular formula is C7H3ClNO. The van der Waals surface area contributed by atoms with E-state index in [4.69, 9.17) is 16.0 Å². The van der Waals surface area contributed by atoms with Gasteiger partial charge in [0.25, 0.3) is 6.39 Å². The topological polar surface area (TPSA) is 26.0 Å². The first-order valence-electron chi connectivity index (χ1n) is 2.79. The van der Waals surface area contributed by atoms with Gasteiger partial charge in [-0.2, -0.15) is 0 Å². The van der Waals surface area contributed by atoms with Crippen LogP contribution in [0.4, 0.5) is 0 Å². The van der Waals surface area contributed by atoms with Gasteiger partial charge in [-0.3, -0.25) is 0 Å². The normalized spacial score (nSPS) is 10.5. The minimum absolute atomic E-state index is 0.575. The highest BCUT2D eigenvalue weighted by Crippen LogP contribution is 2.20. The fourth-order valence-corrected chi connectivity index (χ4v) is 1.01. The third kappa shape index (κ3) is 0.693. The van der Waals surface area contributed by atoms with Crippen molar-refractivity contribution in [3.05, 3.63) is 29.6 Å². The number of nitrogens with zero attached hydrogens (tertiary/aromatic N) is 1. The van der Waals surface area contributed by atoms with Gasteiger partial charge in [0.05, 0.1) is 5.02 Å². The van der Waals surface area contributed by atoms with Gasteiger partial charge in [-0.1, -0.05) is 17.7 Å². The summed E-state index contributed by atoms with van der Waals surface area (Å²) in [7, 11) is 0. The zero-order chi connectivity index (χ0) is 6.97. The molecule has 0 N–H and O–H groups in total. The van der Waals surface area contributed by atoms with Crippen molar-refractivity contribution in [1.82, 2.24) is 4.98 Å². The van der Waals surface area contributed by atoms with E-state index in [0.717, 1.165) is 5.52 Å². The van der Waals surface area contributed by atoms with Crippen molar-refractivity contribution in [2.24, 2.45) is 0 Å². The first-order valence-corrected chi connectivity index (χ1v) is 3.17. The van der Waals surface area contributed by atoms with Crippen LogP contribution in [-0.2, 0) is 0 Å². The van der Waals surface area contributed by atoms with E-state index >= 15 is 0 Å². The molecule has 0 bridgehead atoms. The molecule has 10 heavy (non-hydrogen) atoms. The van der Waals surface area contributed by atoms with Gasteiger partial charge in [0.1, 0.15) is 5.52 Å². The summed E-state index contributed by atoms with van der Waals surface area (Å²) < 4.78 is 4.88. The lowest BCUT2D eigenvalue weighted by atomic mass is 10.3. The average Bonchev–Trinajstić information content (AvgIpc) is 2.36. The molecule has 0 aliphatic rings. The van der Waals surface area contributed by atoms with Gasteiger partial charge in [0.15, 0.2) is 5.58 Å². The first kappa shape index (κ1) is 5.74. The summed E-state index contributed by atoms with van der Waals surface area (Å²) in [5.41, 5.74) is 1.34. The molecule has 0 aliphatic carbocycles. The number of halogens is 1. The maximum atomic E-state index is 5.74. The van der Waals surface area contributed by atoms with Gasteiger partial charge in [-0.05, 0) is 12.1 Å². The Kier molecular flexibility index (Phi) is 1.14. The summed E-state index contributed by atoms with van der Waals surface area (Å²) in [4.78, 5) is 3.80. The number of oxazole rings is 1. The molecule has 1 radical (unpaired) electrons. The summed E-state index contributed by atoms with van der Waals surface area (Å²) in [5, 5.41) is 0.575. The van der Waals surface area contributed by atoms with Gasteiger partial charge < -0.3 is 4.42 Å². The van der Waals surface area contributed by atoms with Crippen molar-refractivity contribution < 1.29 is 4.42 Å². The highest BCUT2D eigenvalue weighted by molar-refractivity contribution is 6.34. The van der Waals surface area contributed by atoms with Crippen LogP contribution < -0.4 is 0 Å². The number of aromatic nitrogens is 1. The van der Waals surface area contributed by atoms with Gasteiger partial charge in [0, 0.05) is 0 Å². The summed E-state index contributed by atoms with van der Waals surface area (Å²) in [5.74, 6) is 0. The highest BCUT2D eigenvalue weighted by atomic mass is 35.5. The van der Waals surface area contributed by atoms with Gasteiger partial charge in [-0.15, -0.1) is 0 Å². The third-order valence-electron chi connectivity index (χ3n) is 1.26. The van der Waals surface area contributed by atoms with Crippen LogP contribution in [0.1, 0.15) is 0 Å². The van der Waals surface area contributed by atoms with E-state index in [-0.39, 0.29) is 0 Å². The first-order chi connectivity index (χ1) is 4.88. The smallest absolute Gasteiger partial charge is 0.284 e. The molecule has 1 heterocycles. The van der Waals surface area contributed by atoms with E-state index in [2.05, 4.69) is 11.4 Å². The lowest BCUT2D eigenvalue weighted by Crippen LogP contribution is -1.66. The van der Waals surface area contributed by atoms with E-state index < -0.39 is 0 Å². The fourth-order valence-electron chi connectivity index (χ4n) is 0.804. The summed E-state index contributed by atoms with van der Waals surface area (Å²) in [6, 6.07) is 5.39. The Labute approximate surface area is 62.4 Å². The molecule has 49 valence electrons. The SMILES string of the molecule is Clc1cccc2n[c]oc12. The number of hydrogen-bond donors (Lipinski definition) is 0. The Morgan fingerprint density at radius 3 is 3.20 bits per heavy atom. The molecule has 0 unspecified atom stereocenters. The van der Waals surface area contributed by atoms with Crippen LogP contribution >= 0.6 is 11.6 Å². The van der Waals surface area contributed by atoms with Crippen LogP contribution in [0, 0.1) is 6.39 Å². The van der Waals surface area contributed by atoms with Crippen molar-refractivity contribution in [3.63, 3.8) is 0 Å². The number of fused-ring (bicyclic) bond motifs is 1. The van der Waals surface area contributed by atoms with E-state index in [1.807, 2.05) is 12.1 Å². The molecule has 0 saturated heterocycles. The molecule has 0 spiro atoms. The Morgan fingerprint density at radius 1 is 1.50 bits per heavy atom. The van der Waals surface area contributed by atoms with Crippen molar-refractivity contribution in [2.45, 2.75) is 0 Å². The van der Waals surface area contributed by atoms with Crippen LogP contribution in [-0.4, -0.2) is 4.98 Å². The fraction of sp³-hybridized carbons (Fsp3) is 0. The monoisotopic (exact) mass is 152 g/mol. The van der Waals surface area contributed by atoms with E-state index in [9.17, 15) is 0 Å². The Balaban J connectivity index is 2.95. The molecule has 2 aromatic rings. The zero-order valence-corrected chi connectivity index (χ0v) is 5.72. The zero-order valence-electron chi connectivity index (χ0n) is 4.97. The standard InChI is InChI=1S/C7H3ClNO/c8-5-2-1-3-6-7(5)10-4-9-6/h1-3H. The van der Waals surface area contributed by atoms with Crippen molar-refractivity contribution >= 4 is 22.7 Å². The number of benzene rings is 1. The Bertz CT molecular complexity index is 355. The molecule has 0 saturated carbocycles. The minimum Gasteiger partial charge on any atom is -0.431 e. The lowest BCUT2D eigenvalue weighted by Gasteiger charge is -1.86. The molecule has 1 aromatic carbocycles.